The summed E-state index contributed by atoms with van der Waals surface area (Å²) in [6.45, 7) is 1.92. The quantitative estimate of drug-likeness (QED) is 0.711. The Kier molecular flexibility index (Phi) is 4.45. The Morgan fingerprint density at radius 2 is 1.84 bits per heavy atom. The largest absolute Gasteiger partial charge is 0.505 e. The van der Waals surface area contributed by atoms with E-state index in [-0.39, 0.29) is 21.9 Å². The van der Waals surface area contributed by atoms with Crippen LogP contribution in [0.4, 0.5) is 0 Å². The van der Waals surface area contributed by atoms with Gasteiger partial charge in [-0.05, 0) is 62.5 Å². The van der Waals surface area contributed by atoms with E-state index in [4.69, 9.17) is 23.2 Å². The number of thioether (sulfide) groups is 1. The molecule has 0 spiro atoms. The van der Waals surface area contributed by atoms with E-state index in [1.807, 2.05) is 30.8 Å². The number of benzene rings is 1. The van der Waals surface area contributed by atoms with Crippen LogP contribution in [-0.2, 0) is 4.79 Å². The average molecular weight is 400 g/mol. The lowest BCUT2D eigenvalue weighted by Crippen LogP contribution is -2.64. The first-order chi connectivity index (χ1) is 11.8. The molecule has 4 aliphatic carbocycles. The maximum Gasteiger partial charge on any atom is 0.220 e. The van der Waals surface area contributed by atoms with Crippen molar-refractivity contribution in [3.63, 3.8) is 0 Å². The smallest absolute Gasteiger partial charge is 0.220 e. The topological polar surface area (TPSA) is 49.3 Å². The summed E-state index contributed by atoms with van der Waals surface area (Å²) < 4.78 is 0.134. The van der Waals surface area contributed by atoms with Crippen LogP contribution >= 0.6 is 35.0 Å². The van der Waals surface area contributed by atoms with E-state index in [0.717, 1.165) is 24.2 Å². The van der Waals surface area contributed by atoms with Crippen molar-refractivity contribution in [2.24, 2.45) is 11.8 Å². The third-order valence-corrected chi connectivity index (χ3v) is 8.02. The number of rotatable bonds is 4. The van der Waals surface area contributed by atoms with Crippen LogP contribution in [0.15, 0.2) is 17.0 Å². The molecule has 0 saturated heterocycles. The molecule has 4 aliphatic rings. The fourth-order valence-electron chi connectivity index (χ4n) is 5.68. The average Bonchev–Trinajstić information content (AvgIpc) is 2.50. The van der Waals surface area contributed by atoms with Gasteiger partial charge in [-0.2, -0.15) is 0 Å². The van der Waals surface area contributed by atoms with Crippen LogP contribution < -0.4 is 5.32 Å². The van der Waals surface area contributed by atoms with Crippen molar-refractivity contribution in [2.75, 3.05) is 0 Å². The molecule has 2 N–H and O–H groups in total. The molecule has 0 aromatic heterocycles. The zero-order chi connectivity index (χ0) is 17.8. The molecule has 0 aliphatic heterocycles. The lowest BCUT2D eigenvalue weighted by Gasteiger charge is -2.62. The van der Waals surface area contributed by atoms with Gasteiger partial charge in [0.25, 0.3) is 0 Å². The Balaban J connectivity index is 1.62. The van der Waals surface area contributed by atoms with Gasteiger partial charge >= 0.3 is 0 Å². The molecule has 4 fully saturated rings. The molecule has 136 valence electrons. The van der Waals surface area contributed by atoms with E-state index in [9.17, 15) is 9.90 Å². The number of aromatic hydroxyl groups is 1. The lowest BCUT2D eigenvalue weighted by atomic mass is 9.52. The summed E-state index contributed by atoms with van der Waals surface area (Å²) in [5.74, 6) is 1.49. The third-order valence-electron chi connectivity index (χ3n) is 6.06. The predicted octanol–water partition coefficient (Wildman–Crippen LogP) is 5.41. The summed E-state index contributed by atoms with van der Waals surface area (Å²) in [5.41, 5.74) is -0.0331. The van der Waals surface area contributed by atoms with Crippen molar-refractivity contribution >= 4 is 40.9 Å². The maximum atomic E-state index is 12.1. The van der Waals surface area contributed by atoms with Crippen LogP contribution in [0, 0.1) is 11.8 Å². The minimum atomic E-state index is -0.0510. The summed E-state index contributed by atoms with van der Waals surface area (Å²) in [7, 11) is 0. The first kappa shape index (κ1) is 17.8. The van der Waals surface area contributed by atoms with Crippen LogP contribution in [0.1, 0.15) is 51.9 Å². The number of phenols is 1. The van der Waals surface area contributed by atoms with Gasteiger partial charge in [-0.25, -0.2) is 0 Å². The van der Waals surface area contributed by atoms with Crippen molar-refractivity contribution in [2.45, 2.75) is 67.1 Å². The number of hydrogen-bond donors (Lipinski definition) is 2. The molecule has 1 aromatic rings. The van der Waals surface area contributed by atoms with E-state index in [2.05, 4.69) is 5.32 Å². The van der Waals surface area contributed by atoms with Gasteiger partial charge in [0.05, 0.1) is 10.0 Å². The number of phenolic OH excluding ortho intramolecular Hbond substituents is 1. The van der Waals surface area contributed by atoms with Crippen molar-refractivity contribution in [1.82, 2.24) is 5.32 Å². The van der Waals surface area contributed by atoms with Gasteiger partial charge in [0.15, 0.2) is 5.75 Å². The number of amides is 1. The van der Waals surface area contributed by atoms with E-state index >= 15 is 0 Å². The third kappa shape index (κ3) is 3.26. The normalized spacial score (nSPS) is 35.8. The summed E-state index contributed by atoms with van der Waals surface area (Å²) >= 11 is 14.1. The molecule has 6 heteroatoms. The molecule has 4 saturated carbocycles. The second kappa shape index (κ2) is 6.24. The highest BCUT2D eigenvalue weighted by Gasteiger charge is 2.58. The van der Waals surface area contributed by atoms with E-state index in [1.165, 1.54) is 19.3 Å². The second-order valence-corrected chi connectivity index (χ2v) is 10.5. The molecule has 0 heterocycles. The Morgan fingerprint density at radius 1 is 1.24 bits per heavy atom. The Morgan fingerprint density at radius 3 is 2.40 bits per heavy atom. The van der Waals surface area contributed by atoms with Crippen LogP contribution in [-0.4, -0.2) is 21.3 Å². The molecule has 25 heavy (non-hydrogen) atoms. The molecule has 1 aromatic carbocycles. The van der Waals surface area contributed by atoms with Crippen molar-refractivity contribution in [3.8, 4) is 5.75 Å². The highest BCUT2D eigenvalue weighted by Crippen LogP contribution is 2.63. The summed E-state index contributed by atoms with van der Waals surface area (Å²) in [6.07, 6.45) is 7.47. The number of nitrogens with one attached hydrogen (secondary N) is 1. The fraction of sp³-hybridized carbons (Fsp3) is 0.632. The number of carbonyl (C=O) groups excluding carboxylic acids is 1. The Labute approximate surface area is 162 Å². The van der Waals surface area contributed by atoms with Crippen LogP contribution in [0.25, 0.3) is 0 Å². The molecule has 0 radical (unpaired) electrons. The minimum absolute atomic E-state index is 0.0331. The van der Waals surface area contributed by atoms with Gasteiger partial charge in [0.1, 0.15) is 0 Å². The predicted molar refractivity (Wildman–Crippen MR) is 103 cm³/mol. The van der Waals surface area contributed by atoms with E-state index < -0.39 is 0 Å². The van der Waals surface area contributed by atoms with Gasteiger partial charge in [0.2, 0.25) is 5.91 Å². The number of hydrogen-bond acceptors (Lipinski definition) is 3. The highest BCUT2D eigenvalue weighted by molar-refractivity contribution is 8.00. The van der Waals surface area contributed by atoms with E-state index in [0.29, 0.717) is 28.3 Å². The minimum Gasteiger partial charge on any atom is -0.505 e. The molecule has 4 bridgehead atoms. The summed E-state index contributed by atoms with van der Waals surface area (Å²) in [5, 5.41) is 13.8. The van der Waals surface area contributed by atoms with Crippen LogP contribution in [0.3, 0.4) is 0 Å². The fourth-order valence-corrected chi connectivity index (χ4v) is 8.14. The van der Waals surface area contributed by atoms with Crippen LogP contribution in [0.5, 0.6) is 5.75 Å². The summed E-state index contributed by atoms with van der Waals surface area (Å²) in [4.78, 5) is 13.1. The number of carbonyl (C=O) groups is 1. The van der Waals surface area contributed by atoms with Gasteiger partial charge < -0.3 is 10.4 Å². The highest BCUT2D eigenvalue weighted by atomic mass is 35.5. The van der Waals surface area contributed by atoms with Gasteiger partial charge in [-0.3, -0.25) is 4.79 Å². The lowest BCUT2D eigenvalue weighted by molar-refractivity contribution is -0.125. The van der Waals surface area contributed by atoms with Gasteiger partial charge in [0, 0.05) is 21.6 Å². The molecule has 2 atom stereocenters. The van der Waals surface area contributed by atoms with Crippen molar-refractivity contribution < 1.29 is 9.90 Å². The SMILES string of the molecule is CCC(=O)NC12CC3CC(C1)CC(Sc1cc(Cl)c(O)c(Cl)c1)(C3)C2. The molecular weight excluding hydrogens is 377 g/mol. The standard InChI is InChI=1S/C19H23Cl2NO2S/c1-2-16(23)22-18-6-11-3-12(7-18)9-19(8-11,10-18)25-13-4-14(20)17(24)15(21)5-13/h4-5,11-12,24H,2-3,6-10H2,1H3,(H,22,23). The molecule has 3 nitrogen and oxygen atoms in total. The Bertz CT molecular complexity index is 686. The van der Waals surface area contributed by atoms with Gasteiger partial charge in [-0.15, -0.1) is 11.8 Å². The second-order valence-electron chi connectivity index (χ2n) is 8.16. The summed E-state index contributed by atoms with van der Waals surface area (Å²) in [6, 6.07) is 3.62. The molecular formula is C19H23Cl2NO2S. The maximum absolute atomic E-state index is 12.1. The zero-order valence-electron chi connectivity index (χ0n) is 14.3. The first-order valence-corrected chi connectivity index (χ1v) is 10.6. The first-order valence-electron chi connectivity index (χ1n) is 9.00. The molecule has 2 unspecified atom stereocenters. The van der Waals surface area contributed by atoms with E-state index in [1.54, 1.807) is 0 Å². The molecule has 5 rings (SSSR count). The Hall–Kier alpha value is -0.580. The van der Waals surface area contributed by atoms with Crippen LogP contribution in [0.2, 0.25) is 10.0 Å². The number of halogens is 2. The van der Waals surface area contributed by atoms with Gasteiger partial charge in [-0.1, -0.05) is 30.1 Å². The van der Waals surface area contributed by atoms with Crippen molar-refractivity contribution in [3.05, 3.63) is 22.2 Å². The van der Waals surface area contributed by atoms with Crippen molar-refractivity contribution in [1.29, 1.82) is 0 Å². The monoisotopic (exact) mass is 399 g/mol. The molecule has 1 amide bonds. The zero-order valence-corrected chi connectivity index (χ0v) is 16.6.